The van der Waals surface area contributed by atoms with E-state index in [0.29, 0.717) is 15.6 Å². The minimum Gasteiger partial charge on any atom is -0.345 e. The molecule has 3 aromatic rings. The number of aromatic amines is 1. The summed E-state index contributed by atoms with van der Waals surface area (Å²) < 4.78 is 13.1. The lowest BCUT2D eigenvalue weighted by molar-refractivity contribution is -0.384. The molecule has 8 nitrogen and oxygen atoms in total. The van der Waals surface area contributed by atoms with Gasteiger partial charge in [0.1, 0.15) is 12.1 Å². The van der Waals surface area contributed by atoms with Crippen LogP contribution in [0.25, 0.3) is 0 Å². The molecule has 0 saturated heterocycles. The monoisotopic (exact) mass is 387 g/mol. The molecular weight excluding hydrogens is 373 g/mol. The van der Waals surface area contributed by atoms with Gasteiger partial charge in [-0.05, 0) is 42.4 Å². The summed E-state index contributed by atoms with van der Waals surface area (Å²) in [6, 6.07) is 9.34. The quantitative estimate of drug-likeness (QED) is 0.494. The Kier molecular flexibility index (Phi) is 5.46. The Morgan fingerprint density at radius 2 is 2.04 bits per heavy atom. The van der Waals surface area contributed by atoms with Gasteiger partial charge in [0.15, 0.2) is 5.16 Å². The van der Waals surface area contributed by atoms with Crippen LogP contribution >= 0.6 is 11.8 Å². The summed E-state index contributed by atoms with van der Waals surface area (Å²) in [6.07, 6.45) is 1.32. The van der Waals surface area contributed by atoms with E-state index in [1.165, 1.54) is 36.7 Å². The summed E-state index contributed by atoms with van der Waals surface area (Å²) in [5.74, 6) is -0.862. The van der Waals surface area contributed by atoms with Gasteiger partial charge >= 0.3 is 0 Å². The minimum absolute atomic E-state index is 0.138. The Morgan fingerprint density at radius 3 is 2.67 bits per heavy atom. The highest BCUT2D eigenvalue weighted by Gasteiger charge is 2.20. The van der Waals surface area contributed by atoms with Gasteiger partial charge in [-0.2, -0.15) is 5.10 Å². The summed E-state index contributed by atoms with van der Waals surface area (Å²) in [5.41, 5.74) is 0.649. The first-order valence-electron chi connectivity index (χ1n) is 7.82. The standard InChI is InChI=1S/C17H14FN5O3S/c1-10(11-2-4-12(18)5-3-11)21-16(24)14-8-13(23(25)26)6-7-15(14)27-17-19-9-20-22-17/h2-10H,1H3,(H,21,24)(H,19,20,22). The van der Waals surface area contributed by atoms with Gasteiger partial charge in [-0.1, -0.05) is 12.1 Å². The second-order valence-corrected chi connectivity index (χ2v) is 6.61. The van der Waals surface area contributed by atoms with Gasteiger partial charge in [-0.25, -0.2) is 9.37 Å². The predicted octanol–water partition coefficient (Wildman–Crippen LogP) is 3.49. The SMILES string of the molecule is CC(NC(=O)c1cc([N+](=O)[O-])ccc1Sc1ncn[nH]1)c1ccc(F)cc1. The van der Waals surface area contributed by atoms with Gasteiger partial charge in [-0.15, -0.1) is 0 Å². The molecule has 27 heavy (non-hydrogen) atoms. The van der Waals surface area contributed by atoms with E-state index in [4.69, 9.17) is 0 Å². The molecule has 0 spiro atoms. The average molecular weight is 387 g/mol. The van der Waals surface area contributed by atoms with Crippen LogP contribution in [-0.2, 0) is 0 Å². The van der Waals surface area contributed by atoms with E-state index in [0.717, 1.165) is 11.8 Å². The van der Waals surface area contributed by atoms with Crippen LogP contribution in [0.4, 0.5) is 10.1 Å². The molecule has 1 amide bonds. The molecule has 0 aliphatic carbocycles. The lowest BCUT2D eigenvalue weighted by atomic mass is 10.1. The van der Waals surface area contributed by atoms with E-state index in [1.54, 1.807) is 19.1 Å². The molecule has 3 rings (SSSR count). The molecule has 0 radical (unpaired) electrons. The average Bonchev–Trinajstić information content (AvgIpc) is 3.15. The van der Waals surface area contributed by atoms with Crippen molar-refractivity contribution in [2.45, 2.75) is 23.0 Å². The molecule has 0 bridgehead atoms. The van der Waals surface area contributed by atoms with E-state index in [-0.39, 0.29) is 17.1 Å². The molecule has 10 heteroatoms. The maximum absolute atomic E-state index is 13.1. The van der Waals surface area contributed by atoms with Crippen LogP contribution in [0.2, 0.25) is 0 Å². The number of nitro benzene ring substituents is 1. The zero-order valence-electron chi connectivity index (χ0n) is 14.0. The van der Waals surface area contributed by atoms with Gasteiger partial charge in [0, 0.05) is 17.0 Å². The Labute approximate surface area is 157 Å². The van der Waals surface area contributed by atoms with Crippen LogP contribution in [-0.4, -0.2) is 26.0 Å². The molecular formula is C17H14FN5O3S. The zero-order chi connectivity index (χ0) is 19.4. The fraction of sp³-hybridized carbons (Fsp3) is 0.118. The number of hydrogen-bond acceptors (Lipinski definition) is 6. The number of hydrogen-bond donors (Lipinski definition) is 2. The molecule has 1 aromatic heterocycles. The van der Waals surface area contributed by atoms with Gasteiger partial charge in [-0.3, -0.25) is 20.0 Å². The van der Waals surface area contributed by atoms with Crippen LogP contribution < -0.4 is 5.32 Å². The smallest absolute Gasteiger partial charge is 0.270 e. The van der Waals surface area contributed by atoms with Crippen molar-refractivity contribution in [2.75, 3.05) is 0 Å². The third-order valence-corrected chi connectivity index (χ3v) is 4.70. The van der Waals surface area contributed by atoms with Crippen LogP contribution in [0.1, 0.15) is 28.9 Å². The molecule has 0 aliphatic heterocycles. The Morgan fingerprint density at radius 1 is 1.30 bits per heavy atom. The van der Waals surface area contributed by atoms with E-state index >= 15 is 0 Å². The third-order valence-electron chi connectivity index (χ3n) is 3.74. The summed E-state index contributed by atoms with van der Waals surface area (Å²) >= 11 is 1.13. The normalized spacial score (nSPS) is 11.8. The number of carbonyl (C=O) groups excluding carboxylic acids is 1. The van der Waals surface area contributed by atoms with Gasteiger partial charge in [0.2, 0.25) is 0 Å². The molecule has 1 heterocycles. The number of halogens is 1. The topological polar surface area (TPSA) is 114 Å². The minimum atomic E-state index is -0.566. The second kappa shape index (κ2) is 7.96. The third kappa shape index (κ3) is 4.47. The highest BCUT2D eigenvalue weighted by atomic mass is 32.2. The number of nitrogens with one attached hydrogen (secondary N) is 2. The van der Waals surface area contributed by atoms with Gasteiger partial charge in [0.25, 0.3) is 11.6 Å². The van der Waals surface area contributed by atoms with Crippen LogP contribution in [0.5, 0.6) is 0 Å². The number of carbonyl (C=O) groups is 1. The number of non-ortho nitro benzene ring substituents is 1. The van der Waals surface area contributed by atoms with Crippen LogP contribution in [0.15, 0.2) is 58.8 Å². The number of aromatic nitrogens is 3. The molecule has 0 saturated carbocycles. The van der Waals surface area contributed by atoms with Crippen molar-refractivity contribution in [3.63, 3.8) is 0 Å². The molecule has 2 aromatic carbocycles. The second-order valence-electron chi connectivity index (χ2n) is 5.58. The van der Waals surface area contributed by atoms with Gasteiger partial charge < -0.3 is 5.32 Å². The summed E-state index contributed by atoms with van der Waals surface area (Å²) in [5, 5.41) is 20.7. The molecule has 2 N–H and O–H groups in total. The lowest BCUT2D eigenvalue weighted by Crippen LogP contribution is -2.27. The number of amides is 1. The highest BCUT2D eigenvalue weighted by molar-refractivity contribution is 7.99. The van der Waals surface area contributed by atoms with Crippen molar-refractivity contribution in [1.82, 2.24) is 20.5 Å². The first kappa shape index (κ1) is 18.5. The van der Waals surface area contributed by atoms with E-state index in [2.05, 4.69) is 20.5 Å². The maximum Gasteiger partial charge on any atom is 0.270 e. The number of H-pyrrole nitrogens is 1. The van der Waals surface area contributed by atoms with Gasteiger partial charge in [0.05, 0.1) is 16.5 Å². The Hall–Kier alpha value is -3.27. The Balaban J connectivity index is 1.87. The maximum atomic E-state index is 13.1. The van der Waals surface area contributed by atoms with E-state index in [1.807, 2.05) is 0 Å². The van der Waals surface area contributed by atoms with E-state index < -0.39 is 16.9 Å². The first-order valence-corrected chi connectivity index (χ1v) is 8.63. The van der Waals surface area contributed by atoms with Crippen molar-refractivity contribution in [2.24, 2.45) is 0 Å². The fourth-order valence-corrected chi connectivity index (χ4v) is 3.16. The van der Waals surface area contributed by atoms with Crippen LogP contribution in [0.3, 0.4) is 0 Å². The largest absolute Gasteiger partial charge is 0.345 e. The number of benzene rings is 2. The molecule has 0 aliphatic rings. The first-order chi connectivity index (χ1) is 12.9. The van der Waals surface area contributed by atoms with Crippen molar-refractivity contribution >= 4 is 23.4 Å². The highest BCUT2D eigenvalue weighted by Crippen LogP contribution is 2.30. The summed E-state index contributed by atoms with van der Waals surface area (Å²) in [6.45, 7) is 1.74. The lowest BCUT2D eigenvalue weighted by Gasteiger charge is -2.15. The summed E-state index contributed by atoms with van der Waals surface area (Å²) in [4.78, 5) is 27.7. The van der Waals surface area contributed by atoms with Crippen LogP contribution in [0, 0.1) is 15.9 Å². The predicted molar refractivity (Wildman–Crippen MR) is 95.9 cm³/mol. The fourth-order valence-electron chi connectivity index (χ4n) is 2.35. The Bertz CT molecular complexity index is 963. The molecule has 1 unspecified atom stereocenters. The summed E-state index contributed by atoms with van der Waals surface area (Å²) in [7, 11) is 0. The molecule has 0 fully saturated rings. The molecule has 1 atom stereocenters. The number of rotatable bonds is 6. The van der Waals surface area contributed by atoms with E-state index in [9.17, 15) is 19.3 Å². The molecule has 138 valence electrons. The van der Waals surface area contributed by atoms with Crippen molar-refractivity contribution < 1.29 is 14.1 Å². The van der Waals surface area contributed by atoms with Crippen molar-refractivity contribution in [3.8, 4) is 0 Å². The number of nitrogens with zero attached hydrogens (tertiary/aromatic N) is 3. The van der Waals surface area contributed by atoms with Crippen molar-refractivity contribution in [3.05, 3.63) is 75.9 Å². The number of nitro groups is 1. The van der Waals surface area contributed by atoms with Crippen molar-refractivity contribution in [1.29, 1.82) is 0 Å². The zero-order valence-corrected chi connectivity index (χ0v) is 14.9.